The molecule has 2 heterocycles. The van der Waals surface area contributed by atoms with Crippen molar-refractivity contribution in [3.8, 4) is 0 Å². The van der Waals surface area contributed by atoms with Gasteiger partial charge in [-0.2, -0.15) is 4.68 Å². The van der Waals surface area contributed by atoms with Crippen molar-refractivity contribution >= 4 is 34.7 Å². The van der Waals surface area contributed by atoms with Gasteiger partial charge in [0, 0.05) is 4.88 Å². The lowest BCUT2D eigenvalue weighted by molar-refractivity contribution is -0.389. The maximum absolute atomic E-state index is 11.3. The number of carbonyl (C=O) groups is 1. The van der Waals surface area contributed by atoms with Crippen molar-refractivity contribution in [2.45, 2.75) is 6.54 Å². The van der Waals surface area contributed by atoms with Gasteiger partial charge in [0.05, 0.1) is 22.7 Å². The molecule has 0 aliphatic rings. The smallest absolute Gasteiger partial charge is 0.358 e. The second kappa shape index (κ2) is 5.34. The summed E-state index contributed by atoms with van der Waals surface area (Å²) in [6.07, 6.45) is 1.36. The molecule has 19 heavy (non-hydrogen) atoms. The summed E-state index contributed by atoms with van der Waals surface area (Å²) in [5.41, 5.74) is 2.03. The SMILES string of the molecule is NNC(=O)c1ccc(Cn2cc(Cl)c([N+](=O)[O-])n2)s1. The van der Waals surface area contributed by atoms with E-state index in [0.717, 1.165) is 4.88 Å². The fourth-order valence-corrected chi connectivity index (χ4v) is 2.53. The zero-order valence-corrected chi connectivity index (χ0v) is 10.9. The Labute approximate surface area is 115 Å². The van der Waals surface area contributed by atoms with Crippen LogP contribution in [-0.2, 0) is 6.54 Å². The summed E-state index contributed by atoms with van der Waals surface area (Å²) < 4.78 is 1.34. The summed E-state index contributed by atoms with van der Waals surface area (Å²) in [5, 5.41) is 14.3. The number of amides is 1. The van der Waals surface area contributed by atoms with Crippen LogP contribution in [0.3, 0.4) is 0 Å². The highest BCUT2D eigenvalue weighted by Gasteiger charge is 2.19. The van der Waals surface area contributed by atoms with Crippen LogP contribution in [0.25, 0.3) is 0 Å². The van der Waals surface area contributed by atoms with Crippen LogP contribution in [0.15, 0.2) is 18.3 Å². The number of carbonyl (C=O) groups excluding carboxylic acids is 1. The first kappa shape index (κ1) is 13.5. The topological polar surface area (TPSA) is 116 Å². The van der Waals surface area contributed by atoms with E-state index in [-0.39, 0.29) is 17.5 Å². The highest BCUT2D eigenvalue weighted by molar-refractivity contribution is 7.14. The average molecular weight is 302 g/mol. The number of hydrogen-bond donors (Lipinski definition) is 2. The molecule has 0 saturated heterocycles. The Morgan fingerprint density at radius 1 is 1.63 bits per heavy atom. The molecule has 2 rings (SSSR count). The van der Waals surface area contributed by atoms with Crippen molar-refractivity contribution in [2.24, 2.45) is 5.84 Å². The zero-order chi connectivity index (χ0) is 14.0. The Morgan fingerprint density at radius 3 is 2.95 bits per heavy atom. The fraction of sp³-hybridized carbons (Fsp3) is 0.111. The number of halogens is 1. The Morgan fingerprint density at radius 2 is 2.37 bits per heavy atom. The number of aromatic nitrogens is 2. The van der Waals surface area contributed by atoms with Gasteiger partial charge in [-0.3, -0.25) is 10.2 Å². The number of hydrazine groups is 1. The fourth-order valence-electron chi connectivity index (χ4n) is 1.41. The highest BCUT2D eigenvalue weighted by Crippen LogP contribution is 2.23. The third kappa shape index (κ3) is 2.89. The lowest BCUT2D eigenvalue weighted by atomic mass is 10.4. The Bertz CT molecular complexity index is 638. The van der Waals surface area contributed by atoms with Crippen LogP contribution in [0.2, 0.25) is 5.02 Å². The second-order valence-electron chi connectivity index (χ2n) is 3.49. The van der Waals surface area contributed by atoms with Crippen LogP contribution in [0.4, 0.5) is 5.82 Å². The number of thiophene rings is 1. The number of hydrogen-bond acceptors (Lipinski definition) is 6. The third-order valence-electron chi connectivity index (χ3n) is 2.21. The van der Waals surface area contributed by atoms with Crippen LogP contribution in [0.1, 0.15) is 14.5 Å². The van der Waals surface area contributed by atoms with E-state index in [1.165, 1.54) is 22.2 Å². The van der Waals surface area contributed by atoms with Gasteiger partial charge in [0.2, 0.25) is 0 Å². The van der Waals surface area contributed by atoms with Crippen molar-refractivity contribution < 1.29 is 9.72 Å². The van der Waals surface area contributed by atoms with Crippen molar-refractivity contribution in [1.82, 2.24) is 15.2 Å². The van der Waals surface area contributed by atoms with E-state index in [9.17, 15) is 14.9 Å². The molecule has 0 aliphatic carbocycles. The monoisotopic (exact) mass is 301 g/mol. The minimum absolute atomic E-state index is 0.0264. The lowest BCUT2D eigenvalue weighted by Gasteiger charge is -1.94. The number of nitro groups is 1. The average Bonchev–Trinajstić information content (AvgIpc) is 2.95. The van der Waals surface area contributed by atoms with E-state index in [0.29, 0.717) is 4.88 Å². The lowest BCUT2D eigenvalue weighted by Crippen LogP contribution is -2.29. The van der Waals surface area contributed by atoms with Gasteiger partial charge in [-0.1, -0.05) is 11.6 Å². The number of rotatable bonds is 4. The quantitative estimate of drug-likeness (QED) is 0.380. The first-order chi connectivity index (χ1) is 9.01. The Kier molecular flexibility index (Phi) is 3.79. The molecule has 0 atom stereocenters. The molecule has 0 unspecified atom stereocenters. The Balaban J connectivity index is 2.17. The van der Waals surface area contributed by atoms with Crippen LogP contribution in [0.5, 0.6) is 0 Å². The van der Waals surface area contributed by atoms with E-state index >= 15 is 0 Å². The van der Waals surface area contributed by atoms with Gasteiger partial charge in [0.25, 0.3) is 5.91 Å². The molecule has 0 fully saturated rings. The summed E-state index contributed by atoms with van der Waals surface area (Å²) in [6.45, 7) is 0.288. The maximum atomic E-state index is 11.3. The van der Waals surface area contributed by atoms with Crippen molar-refractivity contribution in [3.05, 3.63) is 43.2 Å². The first-order valence-electron chi connectivity index (χ1n) is 4.98. The van der Waals surface area contributed by atoms with Crippen LogP contribution in [0, 0.1) is 10.1 Å². The second-order valence-corrected chi connectivity index (χ2v) is 5.07. The largest absolute Gasteiger partial charge is 0.408 e. The molecule has 0 aliphatic heterocycles. The van der Waals surface area contributed by atoms with E-state index in [1.54, 1.807) is 12.1 Å². The van der Waals surface area contributed by atoms with Crippen molar-refractivity contribution in [1.29, 1.82) is 0 Å². The molecule has 3 N–H and O–H groups in total. The zero-order valence-electron chi connectivity index (χ0n) is 9.37. The molecule has 0 radical (unpaired) electrons. The van der Waals surface area contributed by atoms with E-state index in [2.05, 4.69) is 5.10 Å². The van der Waals surface area contributed by atoms with Crippen molar-refractivity contribution in [2.75, 3.05) is 0 Å². The molecule has 10 heteroatoms. The number of nitrogens with two attached hydrogens (primary N) is 1. The van der Waals surface area contributed by atoms with Gasteiger partial charge in [0.15, 0.2) is 5.02 Å². The molecule has 0 saturated carbocycles. The normalized spacial score (nSPS) is 10.4. The number of nitrogens with one attached hydrogen (secondary N) is 1. The molecular weight excluding hydrogens is 294 g/mol. The van der Waals surface area contributed by atoms with Gasteiger partial charge in [0.1, 0.15) is 0 Å². The molecular formula is C9H8ClN5O3S. The standard InChI is InChI=1S/C9H8ClN5O3S/c10-6-4-14(13-8(6)15(17)18)3-5-1-2-7(19-5)9(16)12-11/h1-2,4H,3,11H2,(H,12,16). The molecule has 1 amide bonds. The molecule has 2 aromatic rings. The van der Waals surface area contributed by atoms with Gasteiger partial charge in [-0.05, 0) is 17.1 Å². The first-order valence-corrected chi connectivity index (χ1v) is 6.17. The highest BCUT2D eigenvalue weighted by atomic mass is 35.5. The van der Waals surface area contributed by atoms with Crippen LogP contribution in [-0.4, -0.2) is 20.6 Å². The predicted molar refractivity (Wildman–Crippen MR) is 69.0 cm³/mol. The van der Waals surface area contributed by atoms with Gasteiger partial charge in [-0.25, -0.2) is 5.84 Å². The van der Waals surface area contributed by atoms with E-state index in [4.69, 9.17) is 17.4 Å². The molecule has 100 valence electrons. The molecule has 8 nitrogen and oxygen atoms in total. The molecule has 0 aromatic carbocycles. The third-order valence-corrected chi connectivity index (χ3v) is 3.54. The molecule has 0 spiro atoms. The minimum Gasteiger partial charge on any atom is -0.358 e. The maximum Gasteiger partial charge on any atom is 0.408 e. The number of nitrogens with zero attached hydrogens (tertiary/aromatic N) is 3. The molecule has 0 bridgehead atoms. The molecule has 2 aromatic heterocycles. The number of nitrogen functional groups attached to an aromatic ring is 1. The van der Waals surface area contributed by atoms with E-state index < -0.39 is 10.7 Å². The summed E-state index contributed by atoms with van der Waals surface area (Å²) >= 11 is 6.90. The summed E-state index contributed by atoms with van der Waals surface area (Å²) in [5.74, 6) is 4.24. The van der Waals surface area contributed by atoms with Gasteiger partial charge >= 0.3 is 5.82 Å². The summed E-state index contributed by atoms with van der Waals surface area (Å²) in [7, 11) is 0. The predicted octanol–water partition coefficient (Wildman–Crippen LogP) is 1.16. The minimum atomic E-state index is -0.652. The Hall–Kier alpha value is -1.97. The van der Waals surface area contributed by atoms with E-state index in [1.807, 2.05) is 5.43 Å². The van der Waals surface area contributed by atoms with Crippen LogP contribution >= 0.6 is 22.9 Å². The van der Waals surface area contributed by atoms with Crippen molar-refractivity contribution in [3.63, 3.8) is 0 Å². The van der Waals surface area contributed by atoms with Gasteiger partial charge < -0.3 is 10.1 Å². The summed E-state index contributed by atoms with van der Waals surface area (Å²) in [4.78, 5) is 22.5. The van der Waals surface area contributed by atoms with Crippen LogP contribution < -0.4 is 11.3 Å². The van der Waals surface area contributed by atoms with Gasteiger partial charge in [-0.15, -0.1) is 11.3 Å². The summed E-state index contributed by atoms with van der Waals surface area (Å²) in [6, 6.07) is 3.33.